The second-order valence-electron chi connectivity index (χ2n) is 6.26. The maximum Gasteiger partial charge on any atom is 0.0777 e. The molecular weight excluding hydrogens is 318 g/mol. The lowest BCUT2D eigenvalue weighted by atomic mass is 10.0. The van der Waals surface area contributed by atoms with E-state index in [9.17, 15) is 0 Å². The predicted molar refractivity (Wildman–Crippen MR) is 103 cm³/mol. The van der Waals surface area contributed by atoms with Gasteiger partial charge < -0.3 is 4.90 Å². The van der Waals surface area contributed by atoms with Crippen molar-refractivity contribution in [1.82, 2.24) is 14.8 Å². The van der Waals surface area contributed by atoms with Crippen LogP contribution in [0.3, 0.4) is 0 Å². The van der Waals surface area contributed by atoms with Gasteiger partial charge in [0.05, 0.1) is 11.7 Å². The van der Waals surface area contributed by atoms with E-state index in [1.165, 1.54) is 12.0 Å². The molecule has 1 unspecified atom stereocenters. The average Bonchev–Trinajstić information content (AvgIpc) is 2.60. The van der Waals surface area contributed by atoms with Crippen LogP contribution in [0.15, 0.2) is 48.7 Å². The average molecular weight is 346 g/mol. The van der Waals surface area contributed by atoms with Gasteiger partial charge in [-0.05, 0) is 36.9 Å². The normalized spacial score (nSPS) is 17.0. The molecule has 0 saturated carbocycles. The second-order valence-corrected chi connectivity index (χ2v) is 6.69. The third-order valence-corrected chi connectivity index (χ3v) is 4.31. The van der Waals surface area contributed by atoms with E-state index in [-0.39, 0.29) is 6.04 Å². The molecule has 0 N–H and O–H groups in total. The Bertz CT molecular complexity index is 578. The zero-order valence-electron chi connectivity index (χ0n) is 15.0. The topological polar surface area (TPSA) is 19.4 Å². The van der Waals surface area contributed by atoms with Crippen LogP contribution in [0.2, 0.25) is 5.02 Å². The molecule has 1 aliphatic heterocycles. The Balaban J connectivity index is 0.000000647. The molecule has 0 spiro atoms. The molecule has 4 heteroatoms. The Hall–Kier alpha value is -1.42. The summed E-state index contributed by atoms with van der Waals surface area (Å²) in [6, 6.07) is 14.5. The third-order valence-electron chi connectivity index (χ3n) is 4.06. The highest BCUT2D eigenvalue weighted by Gasteiger charge is 2.26. The molecule has 24 heavy (non-hydrogen) atoms. The molecule has 1 aromatic carbocycles. The molecular formula is C20H28ClN3. The molecule has 3 rings (SSSR count). The first-order valence-corrected chi connectivity index (χ1v) is 9.12. The van der Waals surface area contributed by atoms with E-state index in [0.717, 1.165) is 36.9 Å². The third kappa shape index (κ3) is 5.30. The summed E-state index contributed by atoms with van der Waals surface area (Å²) in [7, 11) is 2.18. The lowest BCUT2D eigenvalue weighted by Crippen LogP contribution is -2.46. The van der Waals surface area contributed by atoms with Crippen molar-refractivity contribution in [2.75, 3.05) is 33.2 Å². The summed E-state index contributed by atoms with van der Waals surface area (Å²) in [4.78, 5) is 9.46. The number of likely N-dealkylation sites (N-methyl/N-ethyl adjacent to an activating group) is 1. The van der Waals surface area contributed by atoms with E-state index in [1.807, 2.05) is 24.4 Å². The molecule has 0 bridgehead atoms. The quantitative estimate of drug-likeness (QED) is 0.817. The number of pyridine rings is 1. The highest BCUT2D eigenvalue weighted by atomic mass is 35.5. The fourth-order valence-electron chi connectivity index (χ4n) is 2.83. The van der Waals surface area contributed by atoms with Crippen molar-refractivity contribution in [2.24, 2.45) is 0 Å². The number of hydrogen-bond acceptors (Lipinski definition) is 3. The minimum absolute atomic E-state index is 0.206. The fraction of sp³-hybridized carbons (Fsp3) is 0.450. The van der Waals surface area contributed by atoms with Gasteiger partial charge in [0.2, 0.25) is 0 Å². The lowest BCUT2D eigenvalue weighted by molar-refractivity contribution is 0.125. The summed E-state index contributed by atoms with van der Waals surface area (Å²) < 4.78 is 0. The molecule has 0 amide bonds. The molecule has 130 valence electrons. The van der Waals surface area contributed by atoms with E-state index in [2.05, 4.69) is 59.9 Å². The molecule has 1 aromatic heterocycles. The van der Waals surface area contributed by atoms with Crippen LogP contribution in [-0.4, -0.2) is 48.0 Å². The van der Waals surface area contributed by atoms with Gasteiger partial charge in [-0.1, -0.05) is 50.1 Å². The zero-order chi connectivity index (χ0) is 17.4. The number of benzene rings is 1. The van der Waals surface area contributed by atoms with Gasteiger partial charge in [-0.3, -0.25) is 9.88 Å². The van der Waals surface area contributed by atoms with Gasteiger partial charge in [0.1, 0.15) is 0 Å². The summed E-state index contributed by atoms with van der Waals surface area (Å²) in [5.41, 5.74) is 2.35. The number of halogens is 1. The van der Waals surface area contributed by atoms with Crippen molar-refractivity contribution < 1.29 is 0 Å². The Kier molecular flexibility index (Phi) is 7.70. The van der Waals surface area contributed by atoms with Crippen LogP contribution in [0, 0.1) is 0 Å². The Morgan fingerprint density at radius 1 is 1.00 bits per heavy atom. The van der Waals surface area contributed by atoms with Gasteiger partial charge in [-0.25, -0.2) is 0 Å². The van der Waals surface area contributed by atoms with Crippen LogP contribution in [0.5, 0.6) is 0 Å². The van der Waals surface area contributed by atoms with Crippen LogP contribution in [-0.2, 0) is 0 Å². The molecule has 1 fully saturated rings. The van der Waals surface area contributed by atoms with Crippen molar-refractivity contribution in [2.45, 2.75) is 26.3 Å². The maximum atomic E-state index is 6.03. The highest BCUT2D eigenvalue weighted by Crippen LogP contribution is 2.28. The van der Waals surface area contributed by atoms with Crippen LogP contribution in [0.4, 0.5) is 0 Å². The van der Waals surface area contributed by atoms with E-state index < -0.39 is 0 Å². The monoisotopic (exact) mass is 345 g/mol. The van der Waals surface area contributed by atoms with Gasteiger partial charge >= 0.3 is 0 Å². The SMILES string of the molecule is CCC.CN1CCN(C(c2ccc(Cl)cc2)c2ccccn2)CC1. The minimum atomic E-state index is 0.206. The highest BCUT2D eigenvalue weighted by molar-refractivity contribution is 6.30. The summed E-state index contributed by atoms with van der Waals surface area (Å²) in [6.07, 6.45) is 3.12. The van der Waals surface area contributed by atoms with E-state index in [0.29, 0.717) is 0 Å². The van der Waals surface area contributed by atoms with Crippen molar-refractivity contribution >= 4 is 11.6 Å². The molecule has 2 aromatic rings. The summed E-state index contributed by atoms with van der Waals surface area (Å²) in [6.45, 7) is 8.55. The largest absolute Gasteiger partial charge is 0.304 e. The Labute approximate surface area is 151 Å². The Morgan fingerprint density at radius 3 is 2.17 bits per heavy atom. The number of rotatable bonds is 3. The Morgan fingerprint density at radius 2 is 1.62 bits per heavy atom. The molecule has 0 aliphatic carbocycles. The molecule has 2 heterocycles. The standard InChI is InChI=1S/C17H20ClN3.C3H8/c1-20-10-12-21(13-11-20)17(16-4-2-3-9-19-16)14-5-7-15(18)8-6-14;1-3-2/h2-9,17H,10-13H2,1H3;3H2,1-2H3. The van der Waals surface area contributed by atoms with Gasteiger partial charge in [0, 0.05) is 37.4 Å². The first-order chi connectivity index (χ1) is 11.7. The predicted octanol–water partition coefficient (Wildman–Crippen LogP) is 4.49. The smallest absolute Gasteiger partial charge is 0.0777 e. The van der Waals surface area contributed by atoms with Crippen molar-refractivity contribution in [3.8, 4) is 0 Å². The molecule has 0 radical (unpaired) electrons. The van der Waals surface area contributed by atoms with Crippen molar-refractivity contribution in [3.63, 3.8) is 0 Å². The van der Waals surface area contributed by atoms with E-state index in [4.69, 9.17) is 11.6 Å². The van der Waals surface area contributed by atoms with Crippen LogP contribution in [0.25, 0.3) is 0 Å². The first-order valence-electron chi connectivity index (χ1n) is 8.74. The van der Waals surface area contributed by atoms with E-state index >= 15 is 0 Å². The maximum absolute atomic E-state index is 6.03. The molecule has 1 saturated heterocycles. The summed E-state index contributed by atoms with van der Waals surface area (Å²) in [5, 5.41) is 0.775. The van der Waals surface area contributed by atoms with Crippen LogP contribution < -0.4 is 0 Å². The number of hydrogen-bond donors (Lipinski definition) is 0. The lowest BCUT2D eigenvalue weighted by Gasteiger charge is -2.38. The van der Waals surface area contributed by atoms with Gasteiger partial charge in [-0.2, -0.15) is 0 Å². The molecule has 1 aliphatic rings. The summed E-state index contributed by atoms with van der Waals surface area (Å²) >= 11 is 6.03. The van der Waals surface area contributed by atoms with Gasteiger partial charge in [0.25, 0.3) is 0 Å². The molecule has 3 nitrogen and oxygen atoms in total. The number of nitrogens with zero attached hydrogens (tertiary/aromatic N) is 3. The second kappa shape index (κ2) is 9.77. The summed E-state index contributed by atoms with van der Waals surface area (Å²) in [5.74, 6) is 0. The van der Waals surface area contributed by atoms with Crippen molar-refractivity contribution in [3.05, 3.63) is 64.9 Å². The minimum Gasteiger partial charge on any atom is -0.304 e. The first kappa shape index (κ1) is 18.9. The van der Waals surface area contributed by atoms with Crippen LogP contribution >= 0.6 is 11.6 Å². The number of piperazine rings is 1. The van der Waals surface area contributed by atoms with Gasteiger partial charge in [-0.15, -0.1) is 0 Å². The van der Waals surface area contributed by atoms with Crippen molar-refractivity contribution in [1.29, 1.82) is 0 Å². The fourth-order valence-corrected chi connectivity index (χ4v) is 2.96. The zero-order valence-corrected chi connectivity index (χ0v) is 15.7. The van der Waals surface area contributed by atoms with Crippen LogP contribution in [0.1, 0.15) is 37.6 Å². The van der Waals surface area contributed by atoms with E-state index in [1.54, 1.807) is 0 Å². The number of aromatic nitrogens is 1. The molecule has 1 atom stereocenters. The van der Waals surface area contributed by atoms with Gasteiger partial charge in [0.15, 0.2) is 0 Å².